The third kappa shape index (κ3) is 3.89. The van der Waals surface area contributed by atoms with E-state index in [4.69, 9.17) is 0 Å². The summed E-state index contributed by atoms with van der Waals surface area (Å²) in [4.78, 5) is 17.5. The normalized spacial score (nSPS) is 26.9. The number of piperazine rings is 1. The minimum Gasteiger partial charge on any atom is -0.339 e. The molecule has 1 aromatic carbocycles. The number of carbonyl (C=O) groups is 1. The average molecular weight is 342 g/mol. The molecule has 3 saturated heterocycles. The van der Waals surface area contributed by atoms with Crippen LogP contribution in [0.15, 0.2) is 30.3 Å². The average Bonchev–Trinajstić information content (AvgIpc) is 3.06. The summed E-state index contributed by atoms with van der Waals surface area (Å²) < 4.78 is 0. The molecule has 3 heterocycles. The zero-order valence-electron chi connectivity index (χ0n) is 15.0. The number of piperidine rings is 1. The maximum absolute atomic E-state index is 12.9. The monoisotopic (exact) mass is 342 g/mol. The van der Waals surface area contributed by atoms with Crippen LogP contribution in [0.5, 0.6) is 0 Å². The van der Waals surface area contributed by atoms with Gasteiger partial charge in [0.05, 0.1) is 6.04 Å². The van der Waals surface area contributed by atoms with Crippen LogP contribution in [0.4, 0.5) is 0 Å². The topological polar surface area (TPSA) is 47.6 Å². The third-order valence-corrected chi connectivity index (χ3v) is 6.26. The van der Waals surface area contributed by atoms with Gasteiger partial charge in [-0.05, 0) is 43.3 Å². The van der Waals surface area contributed by atoms with Crippen LogP contribution in [-0.4, -0.2) is 67.6 Å². The summed E-state index contributed by atoms with van der Waals surface area (Å²) >= 11 is 0. The number of hydrogen-bond donors (Lipinski definition) is 2. The first kappa shape index (κ1) is 17.0. The summed E-state index contributed by atoms with van der Waals surface area (Å²) in [6, 6.07) is 10.6. The molecule has 3 fully saturated rings. The van der Waals surface area contributed by atoms with E-state index in [1.165, 1.54) is 18.4 Å². The van der Waals surface area contributed by atoms with Gasteiger partial charge in [-0.2, -0.15) is 0 Å². The van der Waals surface area contributed by atoms with E-state index in [1.54, 1.807) is 0 Å². The maximum Gasteiger partial charge on any atom is 0.239 e. The van der Waals surface area contributed by atoms with Gasteiger partial charge in [0, 0.05) is 39.3 Å². The highest BCUT2D eigenvalue weighted by Gasteiger charge is 2.43. The van der Waals surface area contributed by atoms with Crippen molar-refractivity contribution in [3.63, 3.8) is 0 Å². The SMILES string of the molecule is O=C([C@H]1CC2(CCNCC2)CN1)N1CCN(Cc2ccccc2)CC1. The van der Waals surface area contributed by atoms with Crippen molar-refractivity contribution in [2.45, 2.75) is 31.8 Å². The Labute approximate surface area is 150 Å². The molecule has 1 aromatic rings. The van der Waals surface area contributed by atoms with Crippen molar-refractivity contribution in [3.8, 4) is 0 Å². The molecule has 25 heavy (non-hydrogen) atoms. The number of nitrogens with one attached hydrogen (secondary N) is 2. The fraction of sp³-hybridized carbons (Fsp3) is 0.650. The van der Waals surface area contributed by atoms with E-state index >= 15 is 0 Å². The predicted octanol–water partition coefficient (Wildman–Crippen LogP) is 1.06. The van der Waals surface area contributed by atoms with Crippen LogP contribution in [-0.2, 0) is 11.3 Å². The Kier molecular flexibility index (Phi) is 5.06. The van der Waals surface area contributed by atoms with Crippen molar-refractivity contribution < 1.29 is 4.79 Å². The van der Waals surface area contributed by atoms with Gasteiger partial charge in [-0.15, -0.1) is 0 Å². The van der Waals surface area contributed by atoms with Crippen molar-refractivity contribution in [1.29, 1.82) is 0 Å². The summed E-state index contributed by atoms with van der Waals surface area (Å²) in [5.74, 6) is 0.328. The van der Waals surface area contributed by atoms with Crippen LogP contribution in [0.1, 0.15) is 24.8 Å². The highest BCUT2D eigenvalue weighted by Crippen LogP contribution is 2.37. The number of carbonyl (C=O) groups excluding carboxylic acids is 1. The molecule has 0 aliphatic carbocycles. The molecular weight excluding hydrogens is 312 g/mol. The minimum atomic E-state index is 0.0405. The fourth-order valence-electron chi connectivity index (χ4n) is 4.62. The minimum absolute atomic E-state index is 0.0405. The van der Waals surface area contributed by atoms with Crippen LogP contribution in [0.3, 0.4) is 0 Å². The number of amides is 1. The zero-order chi connectivity index (χ0) is 17.1. The van der Waals surface area contributed by atoms with Gasteiger partial charge in [-0.3, -0.25) is 9.69 Å². The van der Waals surface area contributed by atoms with Crippen LogP contribution in [0, 0.1) is 5.41 Å². The molecule has 0 radical (unpaired) electrons. The van der Waals surface area contributed by atoms with Gasteiger partial charge in [0.1, 0.15) is 0 Å². The van der Waals surface area contributed by atoms with E-state index < -0.39 is 0 Å². The van der Waals surface area contributed by atoms with E-state index in [2.05, 4.69) is 50.8 Å². The van der Waals surface area contributed by atoms with Crippen molar-refractivity contribution in [2.24, 2.45) is 5.41 Å². The van der Waals surface area contributed by atoms with Gasteiger partial charge in [-0.25, -0.2) is 0 Å². The lowest BCUT2D eigenvalue weighted by Gasteiger charge is -2.36. The molecule has 4 rings (SSSR count). The second kappa shape index (κ2) is 7.44. The summed E-state index contributed by atoms with van der Waals surface area (Å²) in [6.45, 7) is 7.86. The second-order valence-electron chi connectivity index (χ2n) is 7.97. The molecule has 3 aliphatic rings. The Morgan fingerprint density at radius 2 is 1.80 bits per heavy atom. The Morgan fingerprint density at radius 1 is 1.08 bits per heavy atom. The summed E-state index contributed by atoms with van der Waals surface area (Å²) in [5.41, 5.74) is 1.72. The highest BCUT2D eigenvalue weighted by atomic mass is 16.2. The van der Waals surface area contributed by atoms with Crippen molar-refractivity contribution in [3.05, 3.63) is 35.9 Å². The first-order chi connectivity index (χ1) is 12.2. The number of nitrogens with zero attached hydrogens (tertiary/aromatic N) is 2. The largest absolute Gasteiger partial charge is 0.339 e. The van der Waals surface area contributed by atoms with E-state index in [-0.39, 0.29) is 6.04 Å². The first-order valence-electron chi connectivity index (χ1n) is 9.73. The maximum atomic E-state index is 12.9. The van der Waals surface area contributed by atoms with Crippen LogP contribution in [0.2, 0.25) is 0 Å². The van der Waals surface area contributed by atoms with Gasteiger partial charge in [0.25, 0.3) is 0 Å². The van der Waals surface area contributed by atoms with E-state index in [0.717, 1.165) is 58.8 Å². The third-order valence-electron chi connectivity index (χ3n) is 6.26. The summed E-state index contributed by atoms with van der Waals surface area (Å²) in [5, 5.41) is 6.97. The molecule has 0 bridgehead atoms. The molecule has 1 spiro atoms. The van der Waals surface area contributed by atoms with Crippen molar-refractivity contribution in [2.75, 3.05) is 45.8 Å². The van der Waals surface area contributed by atoms with E-state index in [0.29, 0.717) is 11.3 Å². The zero-order valence-corrected chi connectivity index (χ0v) is 15.0. The van der Waals surface area contributed by atoms with Gasteiger partial charge < -0.3 is 15.5 Å². The molecule has 1 amide bonds. The fourth-order valence-corrected chi connectivity index (χ4v) is 4.62. The van der Waals surface area contributed by atoms with Gasteiger partial charge >= 0.3 is 0 Å². The predicted molar refractivity (Wildman–Crippen MR) is 99.2 cm³/mol. The van der Waals surface area contributed by atoms with Crippen molar-refractivity contribution in [1.82, 2.24) is 20.4 Å². The molecule has 3 aliphatic heterocycles. The Bertz CT molecular complexity index is 577. The van der Waals surface area contributed by atoms with Gasteiger partial charge in [0.15, 0.2) is 0 Å². The Hall–Kier alpha value is -1.43. The van der Waals surface area contributed by atoms with Crippen LogP contribution in [0.25, 0.3) is 0 Å². The van der Waals surface area contributed by atoms with Gasteiger partial charge in [-0.1, -0.05) is 30.3 Å². The van der Waals surface area contributed by atoms with Gasteiger partial charge in [0.2, 0.25) is 5.91 Å². The Balaban J connectivity index is 1.27. The number of rotatable bonds is 3. The van der Waals surface area contributed by atoms with Crippen molar-refractivity contribution >= 4 is 5.91 Å². The lowest BCUT2D eigenvalue weighted by Crippen LogP contribution is -2.52. The second-order valence-corrected chi connectivity index (χ2v) is 7.97. The highest BCUT2D eigenvalue weighted by molar-refractivity contribution is 5.82. The molecule has 0 saturated carbocycles. The quantitative estimate of drug-likeness (QED) is 0.862. The molecular formula is C20H30N4O. The molecule has 1 atom stereocenters. The van der Waals surface area contributed by atoms with Crippen LogP contribution >= 0.6 is 0 Å². The molecule has 5 nitrogen and oxygen atoms in total. The van der Waals surface area contributed by atoms with Crippen LogP contribution < -0.4 is 10.6 Å². The first-order valence-corrected chi connectivity index (χ1v) is 9.73. The van der Waals surface area contributed by atoms with E-state index in [1.807, 2.05) is 0 Å². The molecule has 0 aromatic heterocycles. The lowest BCUT2D eigenvalue weighted by atomic mass is 9.77. The number of hydrogen-bond acceptors (Lipinski definition) is 4. The van der Waals surface area contributed by atoms with E-state index in [9.17, 15) is 4.79 Å². The molecule has 2 N–H and O–H groups in total. The molecule has 0 unspecified atom stereocenters. The smallest absolute Gasteiger partial charge is 0.239 e. The number of benzene rings is 1. The lowest BCUT2D eigenvalue weighted by molar-refractivity contribution is -0.135. The molecule has 136 valence electrons. The molecule has 5 heteroatoms. The standard InChI is InChI=1S/C20H30N4O/c25-19(18-14-20(16-22-18)6-8-21-9-7-20)24-12-10-23(11-13-24)15-17-4-2-1-3-5-17/h1-5,18,21-22H,6-16H2/t18-/m1/s1. The Morgan fingerprint density at radius 3 is 2.52 bits per heavy atom. The summed E-state index contributed by atoms with van der Waals surface area (Å²) in [6.07, 6.45) is 3.43. The summed E-state index contributed by atoms with van der Waals surface area (Å²) in [7, 11) is 0.